The minimum atomic E-state index is -0.466. The van der Waals surface area contributed by atoms with E-state index in [1.54, 1.807) is 0 Å². The molecule has 0 saturated carbocycles. The molecule has 1 atom stereocenters. The largest absolute Gasteiger partial charge is 0.350 e. The number of carbonyl (C=O) groups is 1. The summed E-state index contributed by atoms with van der Waals surface area (Å²) in [5.41, 5.74) is 10.9. The van der Waals surface area contributed by atoms with Gasteiger partial charge in [-0.1, -0.05) is 6.42 Å². The Hall–Kier alpha value is -0.940. The molecule has 0 heterocycles. The molecule has 0 radical (unpaired) electrons. The van der Waals surface area contributed by atoms with Crippen molar-refractivity contribution in [2.24, 2.45) is 11.5 Å². The molecule has 0 aliphatic rings. The lowest BCUT2D eigenvalue weighted by Crippen LogP contribution is -2.41. The summed E-state index contributed by atoms with van der Waals surface area (Å²) in [6, 6.07) is -0.466. The first-order valence-electron chi connectivity index (χ1n) is 4.44. The van der Waals surface area contributed by atoms with Gasteiger partial charge in [-0.15, -0.1) is 0 Å². The van der Waals surface area contributed by atoms with Crippen LogP contribution in [0.25, 0.3) is 0 Å². The van der Waals surface area contributed by atoms with Crippen LogP contribution in [-0.4, -0.2) is 31.3 Å². The Morgan fingerprint density at radius 3 is 2.77 bits per heavy atom. The molecule has 0 unspecified atom stereocenters. The van der Waals surface area contributed by atoms with Gasteiger partial charge in [-0.25, -0.2) is 0 Å². The summed E-state index contributed by atoms with van der Waals surface area (Å²) in [5.74, 6) is -0.194. The third-order valence-corrected chi connectivity index (χ3v) is 1.68. The lowest BCUT2D eigenvalue weighted by Gasteiger charge is -2.09. The molecule has 0 aromatic heterocycles. The fourth-order valence-corrected chi connectivity index (χ4v) is 0.922. The van der Waals surface area contributed by atoms with E-state index in [0.29, 0.717) is 13.0 Å². The van der Waals surface area contributed by atoms with Crippen LogP contribution in [0.4, 0.5) is 0 Å². The van der Waals surface area contributed by atoms with E-state index >= 15 is 0 Å². The smallest absolute Gasteiger partial charge is 0.237 e. The van der Waals surface area contributed by atoms with Crippen LogP contribution in [0.15, 0.2) is 0 Å². The monoisotopic (exact) mass is 186 g/mol. The Bertz CT molecular complexity index is 160. The molecule has 0 fully saturated rings. The van der Waals surface area contributed by atoms with Crippen molar-refractivity contribution in [3.63, 3.8) is 0 Å². The second kappa shape index (κ2) is 7.70. The van der Waals surface area contributed by atoms with Gasteiger partial charge >= 0.3 is 0 Å². The lowest BCUT2D eigenvalue weighted by molar-refractivity contribution is -0.122. The van der Waals surface area contributed by atoms with Gasteiger partial charge in [0.2, 0.25) is 5.91 Å². The van der Waals surface area contributed by atoms with E-state index in [0.717, 1.165) is 19.1 Å². The van der Waals surface area contributed by atoms with Gasteiger partial charge in [-0.2, -0.15) is 0 Å². The molecule has 0 saturated heterocycles. The van der Waals surface area contributed by atoms with Gasteiger partial charge in [0.25, 0.3) is 0 Å². The molecule has 0 bridgehead atoms. The van der Waals surface area contributed by atoms with Crippen LogP contribution in [0, 0.1) is 5.41 Å². The highest BCUT2D eigenvalue weighted by molar-refractivity contribution is 5.83. The number of carbonyl (C=O) groups excluding carboxylic acids is 1. The van der Waals surface area contributed by atoms with Crippen LogP contribution in [0.2, 0.25) is 0 Å². The fraction of sp³-hybridized carbons (Fsp3) is 0.750. The average Bonchev–Trinajstić information content (AvgIpc) is 2.14. The third-order valence-electron chi connectivity index (χ3n) is 1.68. The maximum Gasteiger partial charge on any atom is 0.237 e. The molecule has 0 aliphatic heterocycles. The molecule has 76 valence electrons. The normalized spacial score (nSPS) is 12.2. The van der Waals surface area contributed by atoms with Gasteiger partial charge in [-0.3, -0.25) is 4.79 Å². The summed E-state index contributed by atoms with van der Waals surface area (Å²) in [4.78, 5) is 11.1. The zero-order valence-electron chi connectivity index (χ0n) is 7.75. The maximum atomic E-state index is 11.1. The van der Waals surface area contributed by atoms with Crippen LogP contribution >= 0.6 is 0 Å². The quantitative estimate of drug-likeness (QED) is 0.309. The molecule has 13 heavy (non-hydrogen) atoms. The van der Waals surface area contributed by atoms with Crippen LogP contribution in [0.1, 0.15) is 19.3 Å². The maximum absolute atomic E-state index is 11.1. The number of rotatable bonds is 7. The Labute approximate surface area is 78.4 Å². The Kier molecular flexibility index (Phi) is 7.14. The van der Waals surface area contributed by atoms with Gasteiger partial charge in [0.05, 0.1) is 12.6 Å². The van der Waals surface area contributed by atoms with Gasteiger partial charge in [-0.05, 0) is 19.4 Å². The molecule has 5 nitrogen and oxygen atoms in total. The molecule has 0 aromatic rings. The zero-order valence-corrected chi connectivity index (χ0v) is 7.75. The first kappa shape index (κ1) is 12.1. The number of hydrogen-bond donors (Lipinski definition) is 4. The molecule has 5 heteroatoms. The zero-order chi connectivity index (χ0) is 10.1. The highest BCUT2D eigenvalue weighted by Crippen LogP contribution is 1.97. The van der Waals surface area contributed by atoms with Crippen LogP contribution in [0.3, 0.4) is 0 Å². The van der Waals surface area contributed by atoms with Crippen LogP contribution in [0.5, 0.6) is 0 Å². The molecular formula is C8H18N4O. The third kappa shape index (κ3) is 6.24. The van der Waals surface area contributed by atoms with E-state index < -0.39 is 6.04 Å². The van der Waals surface area contributed by atoms with Crippen molar-refractivity contribution < 1.29 is 4.79 Å². The summed E-state index contributed by atoms with van der Waals surface area (Å²) in [5, 5.41) is 9.23. The van der Waals surface area contributed by atoms with E-state index in [1.807, 2.05) is 0 Å². The molecule has 0 spiro atoms. The van der Waals surface area contributed by atoms with E-state index in [9.17, 15) is 4.79 Å². The highest BCUT2D eigenvalue weighted by atomic mass is 16.2. The minimum absolute atomic E-state index is 0.194. The van der Waals surface area contributed by atoms with Crippen molar-refractivity contribution in [3.05, 3.63) is 0 Å². The van der Waals surface area contributed by atoms with Crippen molar-refractivity contribution in [1.29, 1.82) is 5.41 Å². The lowest BCUT2D eigenvalue weighted by atomic mass is 10.1. The van der Waals surface area contributed by atoms with Gasteiger partial charge in [0, 0.05) is 6.21 Å². The number of nitrogens with two attached hydrogens (primary N) is 2. The topological polar surface area (TPSA) is 105 Å². The SMILES string of the molecule is N=CCNC(=O)[C@@H](N)CCCCN. The summed E-state index contributed by atoms with van der Waals surface area (Å²) in [6.45, 7) is 0.887. The van der Waals surface area contributed by atoms with Gasteiger partial charge < -0.3 is 22.2 Å². The van der Waals surface area contributed by atoms with Crippen molar-refractivity contribution in [1.82, 2.24) is 5.32 Å². The standard InChI is InChI=1S/C8H18N4O/c9-4-2-1-3-7(11)8(13)12-6-5-10/h5,7,10H,1-4,6,9,11H2,(H,12,13)/t7-/m0/s1. The molecule has 0 aromatic carbocycles. The molecule has 6 N–H and O–H groups in total. The molecular weight excluding hydrogens is 168 g/mol. The van der Waals surface area contributed by atoms with E-state index in [4.69, 9.17) is 16.9 Å². The average molecular weight is 186 g/mol. The minimum Gasteiger partial charge on any atom is -0.350 e. The molecule has 1 amide bonds. The van der Waals surface area contributed by atoms with Crippen molar-refractivity contribution in [3.8, 4) is 0 Å². The van der Waals surface area contributed by atoms with Gasteiger partial charge in [0.15, 0.2) is 0 Å². The number of amides is 1. The van der Waals surface area contributed by atoms with E-state index in [1.165, 1.54) is 0 Å². The Morgan fingerprint density at radius 1 is 1.54 bits per heavy atom. The van der Waals surface area contributed by atoms with Crippen molar-refractivity contribution >= 4 is 12.1 Å². The van der Waals surface area contributed by atoms with Crippen LogP contribution in [-0.2, 0) is 4.79 Å². The number of nitrogens with one attached hydrogen (secondary N) is 2. The number of unbranched alkanes of at least 4 members (excludes halogenated alkanes) is 1. The van der Waals surface area contributed by atoms with Crippen LogP contribution < -0.4 is 16.8 Å². The van der Waals surface area contributed by atoms with Gasteiger partial charge in [0.1, 0.15) is 0 Å². The van der Waals surface area contributed by atoms with E-state index in [2.05, 4.69) is 5.32 Å². The Morgan fingerprint density at radius 2 is 2.23 bits per heavy atom. The van der Waals surface area contributed by atoms with Crippen molar-refractivity contribution in [2.45, 2.75) is 25.3 Å². The summed E-state index contributed by atoms with van der Waals surface area (Å²) >= 11 is 0. The second-order valence-electron chi connectivity index (χ2n) is 2.84. The predicted octanol–water partition coefficient (Wildman–Crippen LogP) is -0.792. The predicted molar refractivity (Wildman–Crippen MR) is 52.7 cm³/mol. The first-order chi connectivity index (χ1) is 6.22. The summed E-state index contributed by atoms with van der Waals surface area (Å²) in [7, 11) is 0. The molecule has 0 rings (SSSR count). The fourth-order valence-electron chi connectivity index (χ4n) is 0.922. The Balaban J connectivity index is 3.50. The number of hydrogen-bond acceptors (Lipinski definition) is 4. The van der Waals surface area contributed by atoms with Crippen molar-refractivity contribution in [2.75, 3.05) is 13.1 Å². The second-order valence-corrected chi connectivity index (χ2v) is 2.84. The highest BCUT2D eigenvalue weighted by Gasteiger charge is 2.10. The van der Waals surface area contributed by atoms with E-state index in [-0.39, 0.29) is 12.5 Å². The summed E-state index contributed by atoms with van der Waals surface area (Å²) < 4.78 is 0. The molecule has 0 aliphatic carbocycles. The first-order valence-corrected chi connectivity index (χ1v) is 4.44. The summed E-state index contributed by atoms with van der Waals surface area (Å²) in [6.07, 6.45) is 3.55.